The molecule has 1 amide bonds. The lowest BCUT2D eigenvalue weighted by Crippen LogP contribution is -2.52. The van der Waals surface area contributed by atoms with Gasteiger partial charge < -0.3 is 5.32 Å². The molecule has 1 fully saturated rings. The Hall–Kier alpha value is -1.88. The van der Waals surface area contributed by atoms with Crippen LogP contribution in [0.3, 0.4) is 0 Å². The monoisotopic (exact) mass is 357 g/mol. The molecule has 1 unspecified atom stereocenters. The summed E-state index contributed by atoms with van der Waals surface area (Å²) in [6.45, 7) is 6.57. The lowest BCUT2D eigenvalue weighted by atomic mass is 10.1. The number of amides is 1. The zero-order valence-corrected chi connectivity index (χ0v) is 15.2. The lowest BCUT2D eigenvalue weighted by molar-refractivity contribution is -0.121. The summed E-state index contributed by atoms with van der Waals surface area (Å²) in [5.74, 6) is 0.0505. The van der Waals surface area contributed by atoms with Gasteiger partial charge in [-0.3, -0.25) is 14.6 Å². The van der Waals surface area contributed by atoms with Crippen LogP contribution in [-0.4, -0.2) is 47.9 Å². The van der Waals surface area contributed by atoms with Gasteiger partial charge in [-0.25, -0.2) is 0 Å². The third-order valence-electron chi connectivity index (χ3n) is 4.67. The zero-order chi connectivity index (χ0) is 17.6. The summed E-state index contributed by atoms with van der Waals surface area (Å²) in [5, 5.41) is 3.77. The second kappa shape index (κ2) is 8.48. The standard InChI is InChI=1S/C20H24ClN3O/c1-16(20(25)22-19-8-3-2-4-9-19)24-12-10-23(11-13-24)15-17-6-5-7-18(21)14-17/h2-9,14,16H,10-13,15H2,1H3,(H,22,25). The van der Waals surface area contributed by atoms with Gasteiger partial charge in [0.15, 0.2) is 0 Å². The fraction of sp³-hybridized carbons (Fsp3) is 0.350. The molecule has 3 rings (SSSR count). The minimum absolute atomic E-state index is 0.0505. The van der Waals surface area contributed by atoms with Crippen LogP contribution in [0, 0.1) is 0 Å². The summed E-state index contributed by atoms with van der Waals surface area (Å²) in [7, 11) is 0. The van der Waals surface area contributed by atoms with Crippen molar-refractivity contribution in [3.05, 3.63) is 65.2 Å². The molecule has 0 aromatic heterocycles. The molecular weight excluding hydrogens is 334 g/mol. The lowest BCUT2D eigenvalue weighted by Gasteiger charge is -2.37. The fourth-order valence-corrected chi connectivity index (χ4v) is 3.35. The molecular formula is C20H24ClN3O. The second-order valence-electron chi connectivity index (χ2n) is 6.47. The molecule has 2 aromatic rings. The third-order valence-corrected chi connectivity index (χ3v) is 4.91. The van der Waals surface area contributed by atoms with Crippen LogP contribution in [0.2, 0.25) is 5.02 Å². The molecule has 0 saturated carbocycles. The van der Waals surface area contributed by atoms with Crippen LogP contribution >= 0.6 is 11.6 Å². The number of carbonyl (C=O) groups is 1. The van der Waals surface area contributed by atoms with Crippen LogP contribution in [0.1, 0.15) is 12.5 Å². The first-order chi connectivity index (χ1) is 12.1. The maximum atomic E-state index is 12.4. The van der Waals surface area contributed by atoms with Gasteiger partial charge in [-0.15, -0.1) is 0 Å². The van der Waals surface area contributed by atoms with Gasteiger partial charge in [-0.1, -0.05) is 41.9 Å². The molecule has 1 saturated heterocycles. The summed E-state index contributed by atoms with van der Waals surface area (Å²) in [5.41, 5.74) is 2.08. The topological polar surface area (TPSA) is 35.6 Å². The van der Waals surface area contributed by atoms with Crippen molar-refractivity contribution in [3.8, 4) is 0 Å². The number of para-hydroxylation sites is 1. The number of hydrogen-bond acceptors (Lipinski definition) is 3. The number of hydrogen-bond donors (Lipinski definition) is 1. The molecule has 4 nitrogen and oxygen atoms in total. The quantitative estimate of drug-likeness (QED) is 0.889. The van der Waals surface area contributed by atoms with Gasteiger partial charge in [0, 0.05) is 43.4 Å². The van der Waals surface area contributed by atoms with Gasteiger partial charge in [0.05, 0.1) is 6.04 Å². The normalized spacial score (nSPS) is 17.2. The maximum Gasteiger partial charge on any atom is 0.241 e. The molecule has 0 radical (unpaired) electrons. The maximum absolute atomic E-state index is 12.4. The van der Waals surface area contributed by atoms with Crippen molar-refractivity contribution in [1.82, 2.24) is 9.80 Å². The molecule has 2 aromatic carbocycles. The summed E-state index contributed by atoms with van der Waals surface area (Å²) in [6, 6.07) is 17.5. The highest BCUT2D eigenvalue weighted by Crippen LogP contribution is 2.15. The van der Waals surface area contributed by atoms with Gasteiger partial charge >= 0.3 is 0 Å². The van der Waals surface area contributed by atoms with Crippen LogP contribution in [0.25, 0.3) is 0 Å². The number of carbonyl (C=O) groups excluding carboxylic acids is 1. The number of nitrogens with one attached hydrogen (secondary N) is 1. The Balaban J connectivity index is 1.48. The molecule has 1 heterocycles. The average Bonchev–Trinajstić information content (AvgIpc) is 2.62. The smallest absolute Gasteiger partial charge is 0.241 e. The van der Waals surface area contributed by atoms with E-state index in [1.54, 1.807) is 0 Å². The van der Waals surface area contributed by atoms with Crippen molar-refractivity contribution in [3.63, 3.8) is 0 Å². The van der Waals surface area contributed by atoms with E-state index < -0.39 is 0 Å². The van der Waals surface area contributed by atoms with Crippen molar-refractivity contribution in [2.45, 2.75) is 19.5 Å². The number of anilines is 1. The predicted octanol–water partition coefficient (Wildman–Crippen LogP) is 3.48. The first-order valence-electron chi connectivity index (χ1n) is 8.68. The number of benzene rings is 2. The van der Waals surface area contributed by atoms with E-state index in [9.17, 15) is 4.79 Å². The number of nitrogens with zero attached hydrogens (tertiary/aromatic N) is 2. The highest BCUT2D eigenvalue weighted by molar-refractivity contribution is 6.30. The molecule has 5 heteroatoms. The van der Waals surface area contributed by atoms with Crippen molar-refractivity contribution in [2.75, 3.05) is 31.5 Å². The SMILES string of the molecule is CC(C(=O)Nc1ccccc1)N1CCN(Cc2cccc(Cl)c2)CC1. The molecule has 1 atom stereocenters. The van der Waals surface area contributed by atoms with Gasteiger partial charge in [0.25, 0.3) is 0 Å². The molecule has 1 N–H and O–H groups in total. The molecule has 0 bridgehead atoms. The first-order valence-corrected chi connectivity index (χ1v) is 9.06. The molecule has 132 valence electrons. The molecule has 0 spiro atoms. The summed E-state index contributed by atoms with van der Waals surface area (Å²) < 4.78 is 0. The molecule has 25 heavy (non-hydrogen) atoms. The van der Waals surface area contributed by atoms with Gasteiger partial charge in [-0.05, 0) is 36.8 Å². The van der Waals surface area contributed by atoms with Crippen molar-refractivity contribution < 1.29 is 4.79 Å². The van der Waals surface area contributed by atoms with Gasteiger partial charge in [0.1, 0.15) is 0 Å². The van der Waals surface area contributed by atoms with E-state index in [0.717, 1.165) is 43.4 Å². The van der Waals surface area contributed by atoms with Crippen molar-refractivity contribution in [2.24, 2.45) is 0 Å². The number of piperazine rings is 1. The third kappa shape index (κ3) is 5.05. The highest BCUT2D eigenvalue weighted by atomic mass is 35.5. The molecule has 1 aliphatic rings. The Bertz CT molecular complexity index is 699. The minimum atomic E-state index is -0.131. The number of halogens is 1. The van der Waals surface area contributed by atoms with Crippen LogP contribution in [-0.2, 0) is 11.3 Å². The Kier molecular flexibility index (Phi) is 6.08. The average molecular weight is 358 g/mol. The minimum Gasteiger partial charge on any atom is -0.325 e. The van der Waals surface area contributed by atoms with Crippen molar-refractivity contribution in [1.29, 1.82) is 0 Å². The fourth-order valence-electron chi connectivity index (χ4n) is 3.14. The summed E-state index contributed by atoms with van der Waals surface area (Å²) >= 11 is 6.06. The van der Waals surface area contributed by atoms with Crippen molar-refractivity contribution >= 4 is 23.2 Å². The summed E-state index contributed by atoms with van der Waals surface area (Å²) in [6.07, 6.45) is 0. The second-order valence-corrected chi connectivity index (χ2v) is 6.91. The van der Waals surface area contributed by atoms with Gasteiger partial charge in [-0.2, -0.15) is 0 Å². The Morgan fingerprint density at radius 2 is 1.80 bits per heavy atom. The molecule has 1 aliphatic heterocycles. The van der Waals surface area contributed by atoms with E-state index in [-0.39, 0.29) is 11.9 Å². The Labute approximate surface area is 154 Å². The van der Waals surface area contributed by atoms with E-state index >= 15 is 0 Å². The number of rotatable bonds is 5. The predicted molar refractivity (Wildman–Crippen MR) is 103 cm³/mol. The Morgan fingerprint density at radius 3 is 2.48 bits per heavy atom. The largest absolute Gasteiger partial charge is 0.325 e. The van der Waals surface area contributed by atoms with Crippen LogP contribution < -0.4 is 5.32 Å². The Morgan fingerprint density at radius 1 is 1.08 bits per heavy atom. The van der Waals surface area contributed by atoms with E-state index in [1.807, 2.05) is 55.5 Å². The van der Waals surface area contributed by atoms with Gasteiger partial charge in [0.2, 0.25) is 5.91 Å². The van der Waals surface area contributed by atoms with E-state index in [1.165, 1.54) is 5.56 Å². The van der Waals surface area contributed by atoms with Crippen LogP contribution in [0.4, 0.5) is 5.69 Å². The van der Waals surface area contributed by atoms with E-state index in [4.69, 9.17) is 11.6 Å². The van der Waals surface area contributed by atoms with E-state index in [2.05, 4.69) is 21.2 Å². The van der Waals surface area contributed by atoms with E-state index in [0.29, 0.717) is 0 Å². The first kappa shape index (κ1) is 17.9. The zero-order valence-electron chi connectivity index (χ0n) is 14.5. The summed E-state index contributed by atoms with van der Waals surface area (Å²) in [4.78, 5) is 17.1. The van der Waals surface area contributed by atoms with Crippen LogP contribution in [0.5, 0.6) is 0 Å². The van der Waals surface area contributed by atoms with Crippen LogP contribution in [0.15, 0.2) is 54.6 Å². The molecule has 0 aliphatic carbocycles. The highest BCUT2D eigenvalue weighted by Gasteiger charge is 2.25.